The van der Waals surface area contributed by atoms with Crippen LogP contribution in [0.1, 0.15) is 12.8 Å². The second-order valence-electron chi connectivity index (χ2n) is 3.22. The van der Waals surface area contributed by atoms with Crippen molar-refractivity contribution < 1.29 is 27.9 Å². The average molecular weight is 315 g/mol. The van der Waals surface area contributed by atoms with Gasteiger partial charge in [-0.25, -0.2) is 0 Å². The van der Waals surface area contributed by atoms with Crippen LogP contribution in [0, 0.1) is 0 Å². The fourth-order valence-corrected chi connectivity index (χ4v) is 2.37. The molecular weight excluding hydrogens is 307 g/mol. The number of nitrogens with one attached hydrogen (secondary N) is 1. The first-order valence-corrected chi connectivity index (χ1v) is 6.61. The van der Waals surface area contributed by atoms with Gasteiger partial charge in [0.05, 0.1) is 12.2 Å². The number of halogens is 3. The Hall–Kier alpha value is -1.36. The van der Waals surface area contributed by atoms with Crippen molar-refractivity contribution in [3.63, 3.8) is 0 Å². The van der Waals surface area contributed by atoms with Crippen LogP contribution in [-0.4, -0.2) is 39.1 Å². The molecule has 1 rings (SSSR count). The molecule has 0 aliphatic heterocycles. The van der Waals surface area contributed by atoms with E-state index in [9.17, 15) is 22.8 Å². The van der Waals surface area contributed by atoms with E-state index >= 15 is 0 Å². The summed E-state index contributed by atoms with van der Waals surface area (Å²) in [6, 6.07) is 0. The maximum atomic E-state index is 11.9. The van der Waals surface area contributed by atoms with E-state index in [1.807, 2.05) is 0 Å². The van der Waals surface area contributed by atoms with Gasteiger partial charge in [-0.05, 0) is 0 Å². The Kier molecular flexibility index (Phi) is 5.54. The number of nitrogens with zero attached hydrogens (tertiary/aromatic N) is 2. The van der Waals surface area contributed by atoms with E-state index in [1.54, 1.807) is 0 Å². The van der Waals surface area contributed by atoms with Crippen molar-refractivity contribution in [3.05, 3.63) is 0 Å². The fraction of sp³-hybridized carbons (Fsp3) is 0.500. The van der Waals surface area contributed by atoms with Crippen LogP contribution in [0.15, 0.2) is 4.34 Å². The van der Waals surface area contributed by atoms with Gasteiger partial charge in [-0.15, -0.1) is 10.2 Å². The number of carbonyl (C=O) groups excluding carboxylic acids is 1. The van der Waals surface area contributed by atoms with E-state index in [1.165, 1.54) is 0 Å². The summed E-state index contributed by atoms with van der Waals surface area (Å²) in [5, 5.41) is 17.7. The minimum absolute atomic E-state index is 0.0417. The van der Waals surface area contributed by atoms with Crippen LogP contribution in [0.2, 0.25) is 0 Å². The number of aromatic nitrogens is 2. The fourth-order valence-electron chi connectivity index (χ4n) is 0.879. The molecule has 0 aromatic carbocycles. The third-order valence-electron chi connectivity index (χ3n) is 1.61. The molecule has 0 unspecified atom stereocenters. The van der Waals surface area contributed by atoms with Gasteiger partial charge in [0, 0.05) is 6.42 Å². The smallest absolute Gasteiger partial charge is 0.389 e. The standard InChI is InChI=1S/C8H8F3N3O3S2/c9-8(10,11)2-1-4(15)12-6-13-14-7(19-6)18-3-5(16)17/h1-3H2,(H,16,17)(H,12,13,15). The normalized spacial score (nSPS) is 11.3. The van der Waals surface area contributed by atoms with Gasteiger partial charge in [0.2, 0.25) is 11.0 Å². The molecule has 2 N–H and O–H groups in total. The molecule has 6 nitrogen and oxygen atoms in total. The lowest BCUT2D eigenvalue weighted by atomic mass is 10.3. The third-order valence-corrected chi connectivity index (χ3v) is 3.56. The summed E-state index contributed by atoms with van der Waals surface area (Å²) in [6.07, 6.45) is -6.29. The van der Waals surface area contributed by atoms with Gasteiger partial charge in [-0.1, -0.05) is 23.1 Å². The molecule has 0 saturated heterocycles. The van der Waals surface area contributed by atoms with Crippen molar-refractivity contribution in [1.29, 1.82) is 0 Å². The van der Waals surface area contributed by atoms with Crippen LogP contribution in [-0.2, 0) is 9.59 Å². The molecule has 11 heteroatoms. The van der Waals surface area contributed by atoms with Gasteiger partial charge in [0.15, 0.2) is 4.34 Å². The molecule has 1 heterocycles. The summed E-state index contributed by atoms with van der Waals surface area (Å²) in [5.74, 6) is -2.06. The van der Waals surface area contributed by atoms with Crippen molar-refractivity contribution in [2.45, 2.75) is 23.4 Å². The van der Waals surface area contributed by atoms with E-state index in [-0.39, 0.29) is 10.9 Å². The zero-order valence-corrected chi connectivity index (χ0v) is 10.9. The summed E-state index contributed by atoms with van der Waals surface area (Å²) >= 11 is 1.81. The lowest BCUT2D eigenvalue weighted by Crippen LogP contribution is -2.16. The number of thioether (sulfide) groups is 1. The van der Waals surface area contributed by atoms with Crippen LogP contribution in [0.3, 0.4) is 0 Å². The Labute approximate surface area is 113 Å². The first-order valence-electron chi connectivity index (χ1n) is 4.81. The van der Waals surface area contributed by atoms with Gasteiger partial charge in [-0.2, -0.15) is 13.2 Å². The highest BCUT2D eigenvalue weighted by molar-refractivity contribution is 8.01. The third kappa shape index (κ3) is 6.96. The summed E-state index contributed by atoms with van der Waals surface area (Å²) in [5.41, 5.74) is 0. The highest BCUT2D eigenvalue weighted by Gasteiger charge is 2.28. The lowest BCUT2D eigenvalue weighted by molar-refractivity contribution is -0.142. The van der Waals surface area contributed by atoms with E-state index in [2.05, 4.69) is 15.5 Å². The first-order chi connectivity index (χ1) is 8.76. The lowest BCUT2D eigenvalue weighted by Gasteiger charge is -2.04. The molecule has 0 saturated carbocycles. The maximum Gasteiger partial charge on any atom is 0.389 e. The van der Waals surface area contributed by atoms with E-state index in [0.29, 0.717) is 4.34 Å². The van der Waals surface area contributed by atoms with Gasteiger partial charge in [-0.3, -0.25) is 9.59 Å². The molecule has 0 spiro atoms. The van der Waals surface area contributed by atoms with Crippen molar-refractivity contribution in [2.75, 3.05) is 11.1 Å². The minimum atomic E-state index is -4.39. The van der Waals surface area contributed by atoms with Crippen molar-refractivity contribution >= 4 is 40.1 Å². The number of anilines is 1. The molecule has 106 valence electrons. The molecule has 0 aliphatic rings. The highest BCUT2D eigenvalue weighted by Crippen LogP contribution is 2.26. The molecule has 0 fully saturated rings. The van der Waals surface area contributed by atoms with Crippen LogP contribution < -0.4 is 5.32 Å². The van der Waals surface area contributed by atoms with E-state index in [0.717, 1.165) is 23.1 Å². The highest BCUT2D eigenvalue weighted by atomic mass is 32.2. The second-order valence-corrected chi connectivity index (χ2v) is 5.42. The Morgan fingerprint density at radius 1 is 1.37 bits per heavy atom. The van der Waals surface area contributed by atoms with Gasteiger partial charge in [0.25, 0.3) is 0 Å². The second kappa shape index (κ2) is 6.70. The number of amides is 1. The van der Waals surface area contributed by atoms with Crippen molar-refractivity contribution in [1.82, 2.24) is 10.2 Å². The van der Waals surface area contributed by atoms with Crippen LogP contribution in [0.4, 0.5) is 18.3 Å². The first kappa shape index (κ1) is 15.7. The van der Waals surface area contributed by atoms with Crippen LogP contribution in [0.5, 0.6) is 0 Å². The Morgan fingerprint density at radius 3 is 2.63 bits per heavy atom. The number of hydrogen-bond acceptors (Lipinski definition) is 6. The molecule has 1 amide bonds. The van der Waals surface area contributed by atoms with Crippen molar-refractivity contribution in [3.8, 4) is 0 Å². The molecular formula is C8H8F3N3O3S2. The minimum Gasteiger partial charge on any atom is -0.481 e. The molecule has 0 radical (unpaired) electrons. The SMILES string of the molecule is O=C(O)CSc1nnc(NC(=O)CCC(F)(F)F)s1. The Morgan fingerprint density at radius 2 is 2.05 bits per heavy atom. The summed E-state index contributed by atoms with van der Waals surface area (Å²) < 4.78 is 35.9. The molecule has 1 aromatic heterocycles. The number of carbonyl (C=O) groups is 2. The number of hydrogen-bond donors (Lipinski definition) is 2. The largest absolute Gasteiger partial charge is 0.481 e. The molecule has 0 bridgehead atoms. The van der Waals surface area contributed by atoms with Gasteiger partial charge >= 0.3 is 12.1 Å². The predicted octanol–water partition coefficient (Wildman–Crippen LogP) is 2.00. The number of carboxylic acids is 1. The molecule has 1 aromatic rings. The number of carboxylic acid groups (broad SMARTS) is 1. The number of aliphatic carboxylic acids is 1. The van der Waals surface area contributed by atoms with Crippen molar-refractivity contribution in [2.24, 2.45) is 0 Å². The quantitative estimate of drug-likeness (QED) is 0.616. The molecule has 0 aliphatic carbocycles. The monoisotopic (exact) mass is 315 g/mol. The van der Waals surface area contributed by atoms with Gasteiger partial charge in [0.1, 0.15) is 0 Å². The summed E-state index contributed by atoms with van der Waals surface area (Å²) in [6.45, 7) is 0. The zero-order chi connectivity index (χ0) is 14.5. The van der Waals surface area contributed by atoms with Gasteiger partial charge < -0.3 is 10.4 Å². The average Bonchev–Trinajstić information content (AvgIpc) is 2.70. The topological polar surface area (TPSA) is 92.2 Å². The van der Waals surface area contributed by atoms with Crippen LogP contribution >= 0.6 is 23.1 Å². The Balaban J connectivity index is 2.40. The number of alkyl halides is 3. The predicted molar refractivity (Wildman–Crippen MR) is 62.2 cm³/mol. The summed E-state index contributed by atoms with van der Waals surface area (Å²) in [7, 11) is 0. The summed E-state index contributed by atoms with van der Waals surface area (Å²) in [4.78, 5) is 21.5. The Bertz CT molecular complexity index is 464. The maximum absolute atomic E-state index is 11.9. The molecule has 19 heavy (non-hydrogen) atoms. The zero-order valence-electron chi connectivity index (χ0n) is 9.23. The van der Waals surface area contributed by atoms with Crippen LogP contribution in [0.25, 0.3) is 0 Å². The van der Waals surface area contributed by atoms with E-state index in [4.69, 9.17) is 5.11 Å². The van der Waals surface area contributed by atoms with E-state index < -0.39 is 30.9 Å². The molecule has 0 atom stereocenters. The number of rotatable bonds is 6.